The number of nitrogens with one attached hydrogen (secondary N) is 1. The first-order chi connectivity index (χ1) is 9.08. The lowest BCUT2D eigenvalue weighted by atomic mass is 10.1. The average Bonchev–Trinajstić information content (AvgIpc) is 2.88. The second kappa shape index (κ2) is 6.08. The summed E-state index contributed by atoms with van der Waals surface area (Å²) in [5.41, 5.74) is 7.23. The minimum Gasteiger partial charge on any atom is -0.384 e. The zero-order chi connectivity index (χ0) is 13.8. The molecule has 1 heterocycles. The number of hydrogen-bond donors (Lipinski definition) is 2. The van der Waals surface area contributed by atoms with Gasteiger partial charge in [-0.25, -0.2) is 0 Å². The first-order valence-corrected chi connectivity index (χ1v) is 7.21. The van der Waals surface area contributed by atoms with Crippen LogP contribution in [0.5, 0.6) is 0 Å². The van der Waals surface area contributed by atoms with Gasteiger partial charge in [-0.2, -0.15) is 0 Å². The molecule has 0 aliphatic carbocycles. The SMILES string of the molecule is CN(CCc1cccs1)c1cc(Cl)ccc1C(=N)N. The summed E-state index contributed by atoms with van der Waals surface area (Å²) in [4.78, 5) is 3.43. The number of halogens is 1. The third-order valence-corrected chi connectivity index (χ3v) is 4.11. The van der Waals surface area contributed by atoms with Crippen LogP contribution in [0.4, 0.5) is 5.69 Å². The van der Waals surface area contributed by atoms with Crippen LogP contribution in [0, 0.1) is 5.41 Å². The second-order valence-corrected chi connectivity index (χ2v) is 5.79. The van der Waals surface area contributed by atoms with Gasteiger partial charge >= 0.3 is 0 Å². The van der Waals surface area contributed by atoms with Crippen LogP contribution in [0.3, 0.4) is 0 Å². The molecule has 2 aromatic rings. The Labute approximate surface area is 122 Å². The van der Waals surface area contributed by atoms with Crippen LogP contribution in [0.1, 0.15) is 10.4 Å². The first kappa shape index (κ1) is 13.9. The van der Waals surface area contributed by atoms with E-state index in [0.29, 0.717) is 5.02 Å². The number of thiophene rings is 1. The van der Waals surface area contributed by atoms with Crippen molar-refractivity contribution >= 4 is 34.5 Å². The van der Waals surface area contributed by atoms with E-state index in [1.165, 1.54) is 4.88 Å². The van der Waals surface area contributed by atoms with Gasteiger partial charge in [0.25, 0.3) is 0 Å². The Kier molecular flexibility index (Phi) is 4.45. The highest BCUT2D eigenvalue weighted by atomic mass is 35.5. The smallest absolute Gasteiger partial charge is 0.124 e. The third kappa shape index (κ3) is 3.49. The number of amidine groups is 1. The molecule has 0 atom stereocenters. The summed E-state index contributed by atoms with van der Waals surface area (Å²) in [6.45, 7) is 0.862. The second-order valence-electron chi connectivity index (χ2n) is 4.33. The number of benzene rings is 1. The number of rotatable bonds is 5. The maximum atomic E-state index is 7.62. The fraction of sp³-hybridized carbons (Fsp3) is 0.214. The zero-order valence-electron chi connectivity index (χ0n) is 10.7. The Hall–Kier alpha value is -1.52. The molecule has 1 aromatic carbocycles. The lowest BCUT2D eigenvalue weighted by Gasteiger charge is -2.22. The van der Waals surface area contributed by atoms with Crippen molar-refractivity contribution in [1.82, 2.24) is 0 Å². The fourth-order valence-electron chi connectivity index (χ4n) is 1.90. The molecule has 0 spiro atoms. The topological polar surface area (TPSA) is 53.1 Å². The van der Waals surface area contributed by atoms with Gasteiger partial charge in [0.05, 0.1) is 0 Å². The summed E-state index contributed by atoms with van der Waals surface area (Å²) in [6, 6.07) is 9.59. The van der Waals surface area contributed by atoms with Gasteiger partial charge in [0.15, 0.2) is 0 Å². The molecule has 0 unspecified atom stereocenters. The standard InChI is InChI=1S/C14H16ClN3S/c1-18(7-6-11-3-2-8-19-11)13-9-10(15)4-5-12(13)14(16)17/h2-5,8-9H,6-7H2,1H3,(H3,16,17). The Morgan fingerprint density at radius 3 is 2.84 bits per heavy atom. The first-order valence-electron chi connectivity index (χ1n) is 5.95. The minimum atomic E-state index is 0.0645. The van der Waals surface area contributed by atoms with Crippen LogP contribution in [0.15, 0.2) is 35.7 Å². The van der Waals surface area contributed by atoms with E-state index in [0.717, 1.165) is 24.2 Å². The van der Waals surface area contributed by atoms with E-state index >= 15 is 0 Å². The lowest BCUT2D eigenvalue weighted by Crippen LogP contribution is -2.24. The molecule has 3 N–H and O–H groups in total. The molecular formula is C14H16ClN3S. The van der Waals surface area contributed by atoms with Crippen molar-refractivity contribution in [3.63, 3.8) is 0 Å². The van der Waals surface area contributed by atoms with Gasteiger partial charge in [0, 0.05) is 34.7 Å². The summed E-state index contributed by atoms with van der Waals surface area (Å²) < 4.78 is 0. The van der Waals surface area contributed by atoms with Crippen molar-refractivity contribution in [3.05, 3.63) is 51.2 Å². The van der Waals surface area contributed by atoms with E-state index in [1.54, 1.807) is 23.5 Å². The normalized spacial score (nSPS) is 10.4. The molecule has 100 valence electrons. The van der Waals surface area contributed by atoms with Crippen molar-refractivity contribution in [2.75, 3.05) is 18.5 Å². The molecule has 0 aliphatic rings. The quantitative estimate of drug-likeness (QED) is 0.656. The molecule has 5 heteroatoms. The van der Waals surface area contributed by atoms with Gasteiger partial charge < -0.3 is 10.6 Å². The highest BCUT2D eigenvalue weighted by molar-refractivity contribution is 7.09. The largest absolute Gasteiger partial charge is 0.384 e. The average molecular weight is 294 g/mol. The number of likely N-dealkylation sites (N-methyl/N-ethyl adjacent to an activating group) is 1. The molecule has 1 aromatic heterocycles. The molecule has 0 radical (unpaired) electrons. The molecule has 19 heavy (non-hydrogen) atoms. The van der Waals surface area contributed by atoms with Crippen LogP contribution in [0.2, 0.25) is 5.02 Å². The maximum Gasteiger partial charge on any atom is 0.124 e. The van der Waals surface area contributed by atoms with E-state index < -0.39 is 0 Å². The van der Waals surface area contributed by atoms with Crippen molar-refractivity contribution in [1.29, 1.82) is 5.41 Å². The van der Waals surface area contributed by atoms with Gasteiger partial charge in [0.1, 0.15) is 5.84 Å². The predicted octanol–water partition coefficient (Wildman–Crippen LogP) is 3.36. The number of nitrogens with zero attached hydrogens (tertiary/aromatic N) is 1. The predicted molar refractivity (Wildman–Crippen MR) is 83.8 cm³/mol. The van der Waals surface area contributed by atoms with Gasteiger partial charge in [-0.05, 0) is 36.1 Å². The van der Waals surface area contributed by atoms with E-state index in [4.69, 9.17) is 22.7 Å². The van der Waals surface area contributed by atoms with Crippen LogP contribution < -0.4 is 10.6 Å². The fourth-order valence-corrected chi connectivity index (χ4v) is 2.77. The Morgan fingerprint density at radius 1 is 1.42 bits per heavy atom. The Morgan fingerprint density at radius 2 is 2.21 bits per heavy atom. The van der Waals surface area contributed by atoms with Gasteiger partial charge in [-0.3, -0.25) is 5.41 Å². The van der Waals surface area contributed by atoms with E-state index in [2.05, 4.69) is 22.4 Å². The molecule has 2 rings (SSSR count). The molecule has 0 bridgehead atoms. The van der Waals surface area contributed by atoms with Crippen LogP contribution >= 0.6 is 22.9 Å². The molecular weight excluding hydrogens is 278 g/mol. The summed E-state index contributed by atoms with van der Waals surface area (Å²) in [5, 5.41) is 10.4. The number of nitrogens with two attached hydrogens (primary N) is 1. The van der Waals surface area contributed by atoms with Crippen LogP contribution in [0.25, 0.3) is 0 Å². The molecule has 0 aliphatic heterocycles. The summed E-state index contributed by atoms with van der Waals surface area (Å²) in [7, 11) is 1.99. The monoisotopic (exact) mass is 293 g/mol. The maximum absolute atomic E-state index is 7.62. The molecule has 0 fully saturated rings. The number of hydrogen-bond acceptors (Lipinski definition) is 3. The van der Waals surface area contributed by atoms with Gasteiger partial charge in [-0.15, -0.1) is 11.3 Å². The summed E-state index contributed by atoms with van der Waals surface area (Å²) in [6.07, 6.45) is 0.970. The van der Waals surface area contributed by atoms with Gasteiger partial charge in [0.2, 0.25) is 0 Å². The molecule has 3 nitrogen and oxygen atoms in total. The van der Waals surface area contributed by atoms with E-state index in [-0.39, 0.29) is 5.84 Å². The molecule has 0 saturated heterocycles. The summed E-state index contributed by atoms with van der Waals surface area (Å²) >= 11 is 7.78. The highest BCUT2D eigenvalue weighted by Crippen LogP contribution is 2.24. The number of anilines is 1. The number of nitrogen functional groups attached to an aromatic ring is 1. The Balaban J connectivity index is 2.15. The summed E-state index contributed by atoms with van der Waals surface area (Å²) in [5.74, 6) is 0.0645. The van der Waals surface area contributed by atoms with Crippen LogP contribution in [-0.4, -0.2) is 19.4 Å². The Bertz CT molecular complexity index is 566. The van der Waals surface area contributed by atoms with Crippen molar-refractivity contribution in [2.24, 2.45) is 5.73 Å². The van der Waals surface area contributed by atoms with E-state index in [1.807, 2.05) is 13.1 Å². The van der Waals surface area contributed by atoms with Crippen LogP contribution in [-0.2, 0) is 6.42 Å². The third-order valence-electron chi connectivity index (χ3n) is 2.93. The lowest BCUT2D eigenvalue weighted by molar-refractivity contribution is 0.886. The van der Waals surface area contributed by atoms with Crippen molar-refractivity contribution < 1.29 is 0 Å². The molecule has 0 amide bonds. The molecule has 0 saturated carbocycles. The van der Waals surface area contributed by atoms with Crippen molar-refractivity contribution in [2.45, 2.75) is 6.42 Å². The van der Waals surface area contributed by atoms with E-state index in [9.17, 15) is 0 Å². The highest BCUT2D eigenvalue weighted by Gasteiger charge is 2.10. The minimum absolute atomic E-state index is 0.0645. The van der Waals surface area contributed by atoms with Crippen molar-refractivity contribution in [3.8, 4) is 0 Å². The zero-order valence-corrected chi connectivity index (χ0v) is 12.3. The van der Waals surface area contributed by atoms with Gasteiger partial charge in [-0.1, -0.05) is 17.7 Å².